The maximum atomic E-state index is 14.2. The fraction of sp³-hybridized carbons (Fsp3) is 0.318. The van der Waals surface area contributed by atoms with Crippen LogP contribution in [0.15, 0.2) is 65.7 Å². The number of unbranched alkanes of at least 4 members (excludes halogenated alkanes) is 1. The van der Waals surface area contributed by atoms with Crippen LogP contribution >= 0.6 is 0 Å². The first-order valence-corrected chi connectivity index (χ1v) is 9.67. The summed E-state index contributed by atoms with van der Waals surface area (Å²) in [5.41, 5.74) is -2.34. The van der Waals surface area contributed by atoms with Crippen molar-refractivity contribution >= 4 is 17.6 Å². The molecular weight excluding hydrogens is 395 g/mol. The van der Waals surface area contributed by atoms with E-state index in [9.17, 15) is 22.8 Å². The van der Waals surface area contributed by atoms with Crippen LogP contribution in [-0.4, -0.2) is 34.4 Å². The van der Waals surface area contributed by atoms with Gasteiger partial charge in [-0.2, -0.15) is 13.2 Å². The molecule has 0 spiro atoms. The summed E-state index contributed by atoms with van der Waals surface area (Å²) in [6.07, 6.45) is -4.16. The molecule has 0 bridgehead atoms. The molecule has 2 aromatic carbocycles. The molecule has 1 aliphatic rings. The van der Waals surface area contributed by atoms with E-state index < -0.39 is 23.7 Å². The van der Waals surface area contributed by atoms with Crippen LogP contribution < -0.4 is 5.32 Å². The number of carbonyl (C=O) groups excluding carboxylic acids is 2. The molecule has 0 aromatic heterocycles. The first kappa shape index (κ1) is 21.5. The van der Waals surface area contributed by atoms with Crippen molar-refractivity contribution in [3.8, 4) is 0 Å². The van der Waals surface area contributed by atoms with Gasteiger partial charge in [0.15, 0.2) is 0 Å². The van der Waals surface area contributed by atoms with Crippen LogP contribution in [0.25, 0.3) is 0 Å². The second-order valence-corrected chi connectivity index (χ2v) is 7.04. The highest BCUT2D eigenvalue weighted by Crippen LogP contribution is 2.39. The van der Waals surface area contributed by atoms with Gasteiger partial charge in [-0.3, -0.25) is 14.5 Å². The van der Waals surface area contributed by atoms with E-state index in [0.717, 1.165) is 4.90 Å². The standard InChI is InChI=1S/C22H22F3N3O2/c1-2-3-14-18(29)26-21(22(23,24)25)20(30)28(15-16-10-6-4-7-11-16)19(27-21)17-12-8-5-9-13-17/h4-13H,2-3,14-15H2,1H3,(H,26,29). The molecule has 2 amide bonds. The van der Waals surface area contributed by atoms with E-state index in [4.69, 9.17) is 0 Å². The monoisotopic (exact) mass is 417 g/mol. The lowest BCUT2D eigenvalue weighted by Gasteiger charge is -2.29. The summed E-state index contributed by atoms with van der Waals surface area (Å²) in [6.45, 7) is 1.72. The van der Waals surface area contributed by atoms with Crippen LogP contribution in [0.2, 0.25) is 0 Å². The molecular formula is C22H22F3N3O2. The quantitative estimate of drug-likeness (QED) is 0.739. The Morgan fingerprint density at radius 1 is 1.07 bits per heavy atom. The van der Waals surface area contributed by atoms with Crippen molar-refractivity contribution in [1.82, 2.24) is 10.2 Å². The number of hydrogen-bond acceptors (Lipinski definition) is 3. The summed E-state index contributed by atoms with van der Waals surface area (Å²) in [6, 6.07) is 16.8. The molecule has 30 heavy (non-hydrogen) atoms. The zero-order chi connectivity index (χ0) is 21.8. The summed E-state index contributed by atoms with van der Waals surface area (Å²) >= 11 is 0. The van der Waals surface area contributed by atoms with Gasteiger partial charge in [-0.25, -0.2) is 4.99 Å². The average Bonchev–Trinajstić information content (AvgIpc) is 3.01. The smallest absolute Gasteiger partial charge is 0.316 e. The lowest BCUT2D eigenvalue weighted by Crippen LogP contribution is -2.63. The molecule has 8 heteroatoms. The highest BCUT2D eigenvalue weighted by molar-refractivity contribution is 6.16. The molecule has 1 heterocycles. The number of carbonyl (C=O) groups is 2. The predicted molar refractivity (Wildman–Crippen MR) is 106 cm³/mol. The Labute approximate surface area is 172 Å². The Morgan fingerprint density at radius 2 is 1.67 bits per heavy atom. The molecule has 0 saturated carbocycles. The van der Waals surface area contributed by atoms with Crippen molar-refractivity contribution in [3.05, 3.63) is 71.8 Å². The number of nitrogens with zero attached hydrogens (tertiary/aromatic N) is 2. The second kappa shape index (κ2) is 8.69. The van der Waals surface area contributed by atoms with E-state index in [-0.39, 0.29) is 18.8 Å². The van der Waals surface area contributed by atoms with Crippen LogP contribution in [0.3, 0.4) is 0 Å². The molecule has 0 radical (unpaired) electrons. The van der Waals surface area contributed by atoms with Crippen molar-refractivity contribution < 1.29 is 22.8 Å². The van der Waals surface area contributed by atoms with E-state index in [1.54, 1.807) is 60.7 Å². The lowest BCUT2D eigenvalue weighted by atomic mass is 10.1. The summed E-state index contributed by atoms with van der Waals surface area (Å²) < 4.78 is 42.5. The number of amides is 2. The van der Waals surface area contributed by atoms with Gasteiger partial charge in [0.2, 0.25) is 5.91 Å². The number of alkyl halides is 3. The van der Waals surface area contributed by atoms with Crippen LogP contribution in [0.1, 0.15) is 37.3 Å². The van der Waals surface area contributed by atoms with Crippen molar-refractivity contribution in [1.29, 1.82) is 0 Å². The summed E-state index contributed by atoms with van der Waals surface area (Å²) in [5, 5.41) is 1.89. The number of aliphatic imine (C=N–C) groups is 1. The molecule has 1 unspecified atom stereocenters. The Hall–Kier alpha value is -3.16. The summed E-state index contributed by atoms with van der Waals surface area (Å²) in [4.78, 5) is 30.1. The number of benzene rings is 2. The normalized spacial score (nSPS) is 19.0. The minimum Gasteiger partial charge on any atom is -0.316 e. The molecule has 1 atom stereocenters. The Morgan fingerprint density at radius 3 is 2.23 bits per heavy atom. The highest BCUT2D eigenvalue weighted by Gasteiger charge is 2.67. The fourth-order valence-electron chi connectivity index (χ4n) is 3.22. The molecule has 0 saturated heterocycles. The number of rotatable bonds is 7. The van der Waals surface area contributed by atoms with Gasteiger partial charge in [-0.05, 0) is 12.0 Å². The third kappa shape index (κ3) is 4.22. The minimum atomic E-state index is -5.10. The first-order valence-electron chi connectivity index (χ1n) is 9.67. The zero-order valence-electron chi connectivity index (χ0n) is 16.4. The Kier molecular flexibility index (Phi) is 6.24. The van der Waals surface area contributed by atoms with Gasteiger partial charge in [0, 0.05) is 12.0 Å². The average molecular weight is 417 g/mol. The molecule has 0 aliphatic carbocycles. The van der Waals surface area contributed by atoms with Gasteiger partial charge in [-0.15, -0.1) is 0 Å². The number of nitrogens with one attached hydrogen (secondary N) is 1. The largest absolute Gasteiger partial charge is 0.442 e. The Balaban J connectivity index is 2.06. The third-order valence-corrected chi connectivity index (χ3v) is 4.79. The molecule has 3 rings (SSSR count). The van der Waals surface area contributed by atoms with E-state index >= 15 is 0 Å². The molecule has 1 aliphatic heterocycles. The van der Waals surface area contributed by atoms with Crippen molar-refractivity contribution in [3.63, 3.8) is 0 Å². The molecule has 1 N–H and O–H groups in total. The van der Waals surface area contributed by atoms with Crippen molar-refractivity contribution in [2.75, 3.05) is 0 Å². The molecule has 5 nitrogen and oxygen atoms in total. The molecule has 0 fully saturated rings. The van der Waals surface area contributed by atoms with E-state index in [2.05, 4.69) is 4.99 Å². The van der Waals surface area contributed by atoms with Crippen molar-refractivity contribution in [2.24, 2.45) is 4.99 Å². The van der Waals surface area contributed by atoms with Gasteiger partial charge in [0.1, 0.15) is 5.84 Å². The molecule has 158 valence electrons. The van der Waals surface area contributed by atoms with Crippen LogP contribution in [0, 0.1) is 0 Å². The predicted octanol–water partition coefficient (Wildman–Crippen LogP) is 4.04. The van der Waals surface area contributed by atoms with E-state index in [1.807, 2.05) is 12.2 Å². The lowest BCUT2D eigenvalue weighted by molar-refractivity contribution is -0.200. The number of amidine groups is 1. The SMILES string of the molecule is CCCCC(=O)NC1(C(F)(F)F)N=C(c2ccccc2)N(Cc2ccccc2)C1=O. The van der Waals surface area contributed by atoms with Crippen LogP contribution in [-0.2, 0) is 16.1 Å². The fourth-order valence-corrected chi connectivity index (χ4v) is 3.22. The van der Waals surface area contributed by atoms with E-state index in [0.29, 0.717) is 24.0 Å². The maximum Gasteiger partial charge on any atom is 0.442 e. The maximum absolute atomic E-state index is 14.2. The third-order valence-electron chi connectivity index (χ3n) is 4.79. The van der Waals surface area contributed by atoms with Crippen molar-refractivity contribution in [2.45, 2.75) is 44.6 Å². The Bertz CT molecular complexity index is 930. The van der Waals surface area contributed by atoms with Gasteiger partial charge >= 0.3 is 11.8 Å². The topological polar surface area (TPSA) is 61.8 Å². The van der Waals surface area contributed by atoms with Gasteiger partial charge < -0.3 is 5.32 Å². The van der Waals surface area contributed by atoms with E-state index in [1.165, 1.54) is 0 Å². The highest BCUT2D eigenvalue weighted by atomic mass is 19.4. The summed E-state index contributed by atoms with van der Waals surface area (Å²) in [7, 11) is 0. The zero-order valence-corrected chi connectivity index (χ0v) is 16.4. The van der Waals surface area contributed by atoms with Gasteiger partial charge in [-0.1, -0.05) is 74.0 Å². The first-order chi connectivity index (χ1) is 14.3. The van der Waals surface area contributed by atoms with Crippen LogP contribution in [0.4, 0.5) is 13.2 Å². The van der Waals surface area contributed by atoms with Crippen LogP contribution in [0.5, 0.6) is 0 Å². The summed E-state index contributed by atoms with van der Waals surface area (Å²) in [5.74, 6) is -2.31. The molecule has 2 aromatic rings. The van der Waals surface area contributed by atoms with Gasteiger partial charge in [0.25, 0.3) is 5.91 Å². The minimum absolute atomic E-state index is 0.101. The second-order valence-electron chi connectivity index (χ2n) is 7.04. The number of hydrogen-bond donors (Lipinski definition) is 1. The van der Waals surface area contributed by atoms with Gasteiger partial charge in [0.05, 0.1) is 6.54 Å². The number of halogens is 3.